The van der Waals surface area contributed by atoms with Crippen LogP contribution in [0.15, 0.2) is 36.4 Å². The molecule has 2 unspecified atom stereocenters. The molecule has 2 aromatic rings. The van der Waals surface area contributed by atoms with Crippen molar-refractivity contribution in [3.05, 3.63) is 63.9 Å². The van der Waals surface area contributed by atoms with E-state index in [0.717, 1.165) is 42.8 Å². The highest BCUT2D eigenvalue weighted by molar-refractivity contribution is 7.89. The summed E-state index contributed by atoms with van der Waals surface area (Å²) in [6.45, 7) is 3.46. The SMILES string of the molecule is CNS(=O)(=O)CC1CC1.COc1cc2c(cc1F)CC(CN1CCC1)C2Cc1cccc(Cl)c1. The maximum Gasteiger partial charge on any atom is 0.211 e. The molecule has 1 heterocycles. The molecule has 5 rings (SSSR count). The molecule has 1 saturated heterocycles. The van der Waals surface area contributed by atoms with Gasteiger partial charge in [-0.2, -0.15) is 0 Å². The van der Waals surface area contributed by atoms with Crippen LogP contribution in [-0.4, -0.2) is 52.9 Å². The minimum atomic E-state index is -2.91. The molecule has 186 valence electrons. The molecule has 2 aromatic carbocycles. The van der Waals surface area contributed by atoms with Crippen molar-refractivity contribution in [2.75, 3.05) is 39.5 Å². The Kier molecular flexibility index (Phi) is 8.18. The minimum Gasteiger partial charge on any atom is -0.494 e. The highest BCUT2D eigenvalue weighted by Crippen LogP contribution is 2.43. The second-order valence-electron chi connectivity index (χ2n) is 9.67. The van der Waals surface area contributed by atoms with E-state index in [1.165, 1.54) is 44.8 Å². The van der Waals surface area contributed by atoms with Gasteiger partial charge >= 0.3 is 0 Å². The molecule has 0 aromatic heterocycles. The van der Waals surface area contributed by atoms with Crippen LogP contribution in [0.5, 0.6) is 5.75 Å². The van der Waals surface area contributed by atoms with Crippen molar-refractivity contribution in [1.82, 2.24) is 9.62 Å². The summed E-state index contributed by atoms with van der Waals surface area (Å²) in [5, 5.41) is 0.770. The molecule has 1 saturated carbocycles. The number of methoxy groups -OCH3 is 1. The second-order valence-corrected chi connectivity index (χ2v) is 12.1. The Labute approximate surface area is 207 Å². The van der Waals surface area contributed by atoms with E-state index in [-0.39, 0.29) is 5.82 Å². The van der Waals surface area contributed by atoms with Crippen LogP contribution in [0.1, 0.15) is 41.9 Å². The lowest BCUT2D eigenvalue weighted by atomic mass is 9.86. The number of ether oxygens (including phenoxy) is 1. The molecule has 0 radical (unpaired) electrons. The molecule has 34 heavy (non-hydrogen) atoms. The molecule has 2 fully saturated rings. The number of sulfonamides is 1. The largest absolute Gasteiger partial charge is 0.494 e. The number of likely N-dealkylation sites (tertiary alicyclic amines) is 1. The first-order valence-electron chi connectivity index (χ1n) is 12.0. The number of fused-ring (bicyclic) bond motifs is 1. The Bertz CT molecular complexity index is 1100. The zero-order valence-corrected chi connectivity index (χ0v) is 21.5. The van der Waals surface area contributed by atoms with Crippen LogP contribution in [0.4, 0.5) is 4.39 Å². The second kappa shape index (κ2) is 10.9. The fraction of sp³-hybridized carbons (Fsp3) is 0.538. The van der Waals surface area contributed by atoms with Crippen LogP contribution >= 0.6 is 11.6 Å². The lowest BCUT2D eigenvalue weighted by molar-refractivity contribution is 0.145. The Morgan fingerprint density at radius 1 is 1.21 bits per heavy atom. The third-order valence-electron chi connectivity index (χ3n) is 7.11. The molecule has 3 aliphatic rings. The lowest BCUT2D eigenvalue weighted by Crippen LogP contribution is -2.41. The Hall–Kier alpha value is -1.67. The number of nitrogens with one attached hydrogen (secondary N) is 1. The van der Waals surface area contributed by atoms with Gasteiger partial charge in [0.05, 0.1) is 12.9 Å². The highest BCUT2D eigenvalue weighted by Gasteiger charge is 2.35. The van der Waals surface area contributed by atoms with Crippen molar-refractivity contribution in [3.8, 4) is 5.75 Å². The third kappa shape index (κ3) is 6.51. The van der Waals surface area contributed by atoms with Gasteiger partial charge < -0.3 is 9.64 Å². The van der Waals surface area contributed by atoms with Crippen molar-refractivity contribution in [1.29, 1.82) is 0 Å². The maximum atomic E-state index is 14.2. The zero-order chi connectivity index (χ0) is 24.3. The van der Waals surface area contributed by atoms with Gasteiger partial charge in [-0.05, 0) is 111 Å². The van der Waals surface area contributed by atoms with E-state index in [0.29, 0.717) is 29.3 Å². The minimum absolute atomic E-state index is 0.257. The maximum absolute atomic E-state index is 14.2. The fourth-order valence-electron chi connectivity index (χ4n) is 4.93. The van der Waals surface area contributed by atoms with Crippen LogP contribution in [-0.2, 0) is 22.9 Å². The number of nitrogens with zero attached hydrogens (tertiary/aromatic N) is 1. The average molecular weight is 509 g/mol. The summed E-state index contributed by atoms with van der Waals surface area (Å²) < 4.78 is 43.2. The Morgan fingerprint density at radius 3 is 2.56 bits per heavy atom. The van der Waals surface area contributed by atoms with Crippen molar-refractivity contribution >= 4 is 21.6 Å². The van der Waals surface area contributed by atoms with Gasteiger partial charge in [-0.3, -0.25) is 0 Å². The summed E-state index contributed by atoms with van der Waals surface area (Å²) in [5.41, 5.74) is 3.61. The van der Waals surface area contributed by atoms with Gasteiger partial charge in [-0.15, -0.1) is 0 Å². The number of hydrogen-bond donors (Lipinski definition) is 1. The number of rotatable bonds is 8. The summed E-state index contributed by atoms with van der Waals surface area (Å²) in [6.07, 6.45) is 5.34. The fourth-order valence-corrected chi connectivity index (χ4v) is 6.26. The first-order chi connectivity index (χ1) is 16.3. The average Bonchev–Trinajstić information content (AvgIpc) is 3.52. The summed E-state index contributed by atoms with van der Waals surface area (Å²) in [4.78, 5) is 2.51. The Balaban J connectivity index is 0.000000257. The van der Waals surface area contributed by atoms with Gasteiger partial charge in [0, 0.05) is 11.6 Å². The molecular formula is C26H34ClFN2O3S. The molecule has 8 heteroatoms. The summed E-state index contributed by atoms with van der Waals surface area (Å²) in [6, 6.07) is 11.7. The molecule has 1 aliphatic heterocycles. The molecule has 1 N–H and O–H groups in total. The predicted molar refractivity (Wildman–Crippen MR) is 135 cm³/mol. The molecular weight excluding hydrogens is 475 g/mol. The van der Waals surface area contributed by atoms with Crippen LogP contribution in [0, 0.1) is 17.7 Å². The van der Waals surface area contributed by atoms with Crippen molar-refractivity contribution in [2.45, 2.75) is 38.0 Å². The van der Waals surface area contributed by atoms with E-state index in [1.54, 1.807) is 6.07 Å². The molecule has 0 spiro atoms. The van der Waals surface area contributed by atoms with Crippen LogP contribution in [0.3, 0.4) is 0 Å². The van der Waals surface area contributed by atoms with Crippen molar-refractivity contribution in [2.24, 2.45) is 11.8 Å². The highest BCUT2D eigenvalue weighted by atomic mass is 35.5. The molecule has 0 bridgehead atoms. The molecule has 2 atom stereocenters. The van der Waals surface area contributed by atoms with Gasteiger partial charge in [-0.25, -0.2) is 17.5 Å². The summed E-state index contributed by atoms with van der Waals surface area (Å²) in [5.74, 6) is 1.75. The zero-order valence-electron chi connectivity index (χ0n) is 19.9. The standard InChI is InChI=1S/C21H23ClFNO.C5H11NO2S/c1-25-21-12-19-15(11-20(21)23)10-16(13-24-6-3-7-24)18(19)9-14-4-2-5-17(22)8-14;1-6-9(7,8)4-5-2-3-5/h2,4-5,8,11-12,16,18H,3,6-7,9-10,13H2,1H3;5-6H,2-4H2,1H3. The number of hydrogen-bond acceptors (Lipinski definition) is 4. The van der Waals surface area contributed by atoms with Gasteiger partial charge in [-0.1, -0.05) is 23.7 Å². The van der Waals surface area contributed by atoms with Crippen molar-refractivity contribution < 1.29 is 17.5 Å². The molecule has 2 aliphatic carbocycles. The van der Waals surface area contributed by atoms with Crippen LogP contribution < -0.4 is 9.46 Å². The molecule has 0 amide bonds. The van der Waals surface area contributed by atoms with Gasteiger partial charge in [0.1, 0.15) is 0 Å². The summed E-state index contributed by atoms with van der Waals surface area (Å²) in [7, 11) is 0.0808. The topological polar surface area (TPSA) is 58.6 Å². The first kappa shape index (κ1) is 25.4. The monoisotopic (exact) mass is 508 g/mol. The van der Waals surface area contributed by atoms with Crippen LogP contribution in [0.25, 0.3) is 0 Å². The summed E-state index contributed by atoms with van der Waals surface area (Å²) >= 11 is 6.17. The lowest BCUT2D eigenvalue weighted by Gasteiger charge is -2.35. The van der Waals surface area contributed by atoms with E-state index >= 15 is 0 Å². The van der Waals surface area contributed by atoms with Gasteiger partial charge in [0.2, 0.25) is 10.0 Å². The quantitative estimate of drug-likeness (QED) is 0.564. The van der Waals surface area contributed by atoms with Crippen LogP contribution in [0.2, 0.25) is 5.02 Å². The van der Waals surface area contributed by atoms with Gasteiger partial charge in [0.25, 0.3) is 0 Å². The third-order valence-corrected chi connectivity index (χ3v) is 8.88. The number of benzene rings is 2. The smallest absolute Gasteiger partial charge is 0.211 e. The van der Waals surface area contributed by atoms with E-state index in [4.69, 9.17) is 16.3 Å². The van der Waals surface area contributed by atoms with E-state index in [1.807, 2.05) is 24.3 Å². The number of halogens is 2. The van der Waals surface area contributed by atoms with Crippen molar-refractivity contribution in [3.63, 3.8) is 0 Å². The normalized spacial score (nSPS) is 21.9. The Morgan fingerprint density at radius 2 is 1.97 bits per heavy atom. The van der Waals surface area contributed by atoms with Gasteiger partial charge in [0.15, 0.2) is 11.6 Å². The van der Waals surface area contributed by atoms with E-state index in [9.17, 15) is 12.8 Å². The first-order valence-corrected chi connectivity index (χ1v) is 14.1. The van der Waals surface area contributed by atoms with E-state index < -0.39 is 10.0 Å². The predicted octanol–water partition coefficient (Wildman–Crippen LogP) is 4.64. The van der Waals surface area contributed by atoms with E-state index in [2.05, 4.69) is 15.7 Å². The molecule has 5 nitrogen and oxygen atoms in total.